The molecular weight excluding hydrogens is 264 g/mol. The van der Waals surface area contributed by atoms with E-state index in [9.17, 15) is 14.4 Å². The first kappa shape index (κ1) is 15.5. The smallest absolute Gasteiger partial charge is 0.344 e. The number of carbonyl (C=O) groups is 3. The number of urea groups is 1. The molecule has 2 N–H and O–H groups in total. The Hall–Kier alpha value is -2.57. The molecular formula is C13H16N2O5. The molecule has 108 valence electrons. The van der Waals surface area contributed by atoms with E-state index in [1.54, 1.807) is 24.3 Å². The Labute approximate surface area is 116 Å². The minimum atomic E-state index is -1.08. The van der Waals surface area contributed by atoms with Gasteiger partial charge in [0.05, 0.1) is 0 Å². The van der Waals surface area contributed by atoms with Gasteiger partial charge in [-0.05, 0) is 19.1 Å². The number of carbonyl (C=O) groups excluding carboxylic acids is 3. The summed E-state index contributed by atoms with van der Waals surface area (Å²) in [5.41, 5.74) is 0. The quantitative estimate of drug-likeness (QED) is 0.764. The predicted molar refractivity (Wildman–Crippen MR) is 70.1 cm³/mol. The van der Waals surface area contributed by atoms with Crippen LogP contribution in [0.15, 0.2) is 30.3 Å². The monoisotopic (exact) mass is 280 g/mol. The molecule has 7 heteroatoms. The van der Waals surface area contributed by atoms with Gasteiger partial charge in [-0.25, -0.2) is 9.59 Å². The zero-order valence-electron chi connectivity index (χ0n) is 11.2. The van der Waals surface area contributed by atoms with Crippen LogP contribution >= 0.6 is 0 Å². The Kier molecular flexibility index (Phi) is 6.02. The molecule has 0 aliphatic heterocycles. The van der Waals surface area contributed by atoms with Crippen LogP contribution in [-0.2, 0) is 14.3 Å². The molecule has 1 aromatic rings. The molecule has 0 radical (unpaired) electrons. The molecule has 1 aromatic carbocycles. The summed E-state index contributed by atoms with van der Waals surface area (Å²) in [6, 6.07) is 8.05. The molecule has 0 aromatic heterocycles. The van der Waals surface area contributed by atoms with Crippen molar-refractivity contribution in [3.8, 4) is 5.75 Å². The lowest BCUT2D eigenvalue weighted by Gasteiger charge is -2.13. The van der Waals surface area contributed by atoms with Crippen LogP contribution in [0.5, 0.6) is 5.75 Å². The van der Waals surface area contributed by atoms with Crippen LogP contribution in [0.1, 0.15) is 6.92 Å². The molecule has 20 heavy (non-hydrogen) atoms. The van der Waals surface area contributed by atoms with Gasteiger partial charge in [0.25, 0.3) is 5.91 Å². The lowest BCUT2D eigenvalue weighted by molar-refractivity contribution is -0.156. The molecule has 0 unspecified atom stereocenters. The first-order chi connectivity index (χ1) is 9.52. The Morgan fingerprint density at radius 1 is 1.20 bits per heavy atom. The fourth-order valence-corrected chi connectivity index (χ4v) is 1.22. The van der Waals surface area contributed by atoms with Crippen LogP contribution in [0, 0.1) is 0 Å². The van der Waals surface area contributed by atoms with Gasteiger partial charge in [0.1, 0.15) is 5.75 Å². The Morgan fingerprint density at radius 3 is 2.45 bits per heavy atom. The van der Waals surface area contributed by atoms with Crippen molar-refractivity contribution >= 4 is 17.9 Å². The van der Waals surface area contributed by atoms with Crippen molar-refractivity contribution in [2.75, 3.05) is 13.7 Å². The second-order valence-corrected chi connectivity index (χ2v) is 3.80. The summed E-state index contributed by atoms with van der Waals surface area (Å²) in [4.78, 5) is 33.8. The summed E-state index contributed by atoms with van der Waals surface area (Å²) < 4.78 is 9.99. The molecule has 0 fully saturated rings. The van der Waals surface area contributed by atoms with E-state index in [0.29, 0.717) is 5.75 Å². The van der Waals surface area contributed by atoms with Crippen LogP contribution in [0.2, 0.25) is 0 Å². The van der Waals surface area contributed by atoms with E-state index in [0.717, 1.165) is 0 Å². The third-order valence-electron chi connectivity index (χ3n) is 2.24. The van der Waals surface area contributed by atoms with Gasteiger partial charge in [0.15, 0.2) is 12.7 Å². The van der Waals surface area contributed by atoms with Gasteiger partial charge < -0.3 is 14.8 Å². The van der Waals surface area contributed by atoms with Crippen molar-refractivity contribution in [2.45, 2.75) is 13.0 Å². The fourth-order valence-electron chi connectivity index (χ4n) is 1.22. The van der Waals surface area contributed by atoms with Crippen molar-refractivity contribution in [1.29, 1.82) is 0 Å². The van der Waals surface area contributed by atoms with Gasteiger partial charge in [0, 0.05) is 7.05 Å². The third kappa shape index (κ3) is 5.38. The van der Waals surface area contributed by atoms with Crippen LogP contribution in [0.25, 0.3) is 0 Å². The standard InChI is InChI=1S/C13H16N2O5/c1-9(12(17)15-13(18)14-2)20-11(16)8-19-10-6-4-3-5-7-10/h3-7,9H,8H2,1-2H3,(H2,14,15,17,18)/t9-/m1/s1. The molecule has 0 spiro atoms. The molecule has 0 heterocycles. The van der Waals surface area contributed by atoms with E-state index in [4.69, 9.17) is 9.47 Å². The van der Waals surface area contributed by atoms with Crippen LogP contribution in [0.3, 0.4) is 0 Å². The Bertz CT molecular complexity index is 475. The van der Waals surface area contributed by atoms with E-state index < -0.39 is 24.0 Å². The molecule has 0 saturated heterocycles. The summed E-state index contributed by atoms with van der Waals surface area (Å²) in [5, 5.41) is 4.22. The maximum Gasteiger partial charge on any atom is 0.344 e. The van der Waals surface area contributed by atoms with Crippen LogP contribution in [-0.4, -0.2) is 37.7 Å². The maximum absolute atomic E-state index is 11.5. The SMILES string of the molecule is CNC(=O)NC(=O)[C@@H](C)OC(=O)COc1ccccc1. The van der Waals surface area contributed by atoms with Gasteiger partial charge in [-0.3, -0.25) is 10.1 Å². The Morgan fingerprint density at radius 2 is 1.85 bits per heavy atom. The van der Waals surface area contributed by atoms with Gasteiger partial charge in [-0.2, -0.15) is 0 Å². The molecule has 3 amide bonds. The first-order valence-corrected chi connectivity index (χ1v) is 5.93. The number of imide groups is 1. The average molecular weight is 280 g/mol. The zero-order valence-corrected chi connectivity index (χ0v) is 11.2. The molecule has 0 saturated carbocycles. The lowest BCUT2D eigenvalue weighted by atomic mass is 10.3. The summed E-state index contributed by atoms with van der Waals surface area (Å²) in [5.74, 6) is -0.891. The minimum Gasteiger partial charge on any atom is -0.482 e. The average Bonchev–Trinajstić information content (AvgIpc) is 2.45. The summed E-state index contributed by atoms with van der Waals surface area (Å²) in [7, 11) is 1.37. The molecule has 1 rings (SSSR count). The normalized spacial score (nSPS) is 11.1. The van der Waals surface area contributed by atoms with E-state index in [1.807, 2.05) is 11.4 Å². The highest BCUT2D eigenvalue weighted by atomic mass is 16.6. The van der Waals surface area contributed by atoms with Crippen molar-refractivity contribution in [3.05, 3.63) is 30.3 Å². The number of hydrogen-bond acceptors (Lipinski definition) is 5. The van der Waals surface area contributed by atoms with Gasteiger partial charge in [-0.15, -0.1) is 0 Å². The molecule has 0 aliphatic carbocycles. The number of ether oxygens (including phenoxy) is 2. The highest BCUT2D eigenvalue weighted by Gasteiger charge is 2.19. The Balaban J connectivity index is 2.34. The van der Waals surface area contributed by atoms with Crippen molar-refractivity contribution in [2.24, 2.45) is 0 Å². The van der Waals surface area contributed by atoms with Crippen molar-refractivity contribution in [1.82, 2.24) is 10.6 Å². The van der Waals surface area contributed by atoms with E-state index in [2.05, 4.69) is 5.32 Å². The largest absolute Gasteiger partial charge is 0.482 e. The van der Waals surface area contributed by atoms with E-state index >= 15 is 0 Å². The number of nitrogens with one attached hydrogen (secondary N) is 2. The van der Waals surface area contributed by atoms with Crippen LogP contribution in [0.4, 0.5) is 4.79 Å². The van der Waals surface area contributed by atoms with Gasteiger partial charge >= 0.3 is 12.0 Å². The lowest BCUT2D eigenvalue weighted by Crippen LogP contribution is -2.43. The maximum atomic E-state index is 11.5. The van der Waals surface area contributed by atoms with Gasteiger partial charge in [0.2, 0.25) is 0 Å². The highest BCUT2D eigenvalue weighted by molar-refractivity contribution is 5.97. The summed E-state index contributed by atoms with van der Waals surface area (Å²) >= 11 is 0. The second kappa shape index (κ2) is 7.78. The number of esters is 1. The molecule has 1 atom stereocenters. The molecule has 0 aliphatic rings. The van der Waals surface area contributed by atoms with Gasteiger partial charge in [-0.1, -0.05) is 18.2 Å². The number of rotatable bonds is 5. The highest BCUT2D eigenvalue weighted by Crippen LogP contribution is 2.08. The summed E-state index contributed by atoms with van der Waals surface area (Å²) in [6.45, 7) is 1.04. The number of para-hydroxylation sites is 1. The third-order valence-corrected chi connectivity index (χ3v) is 2.24. The second-order valence-electron chi connectivity index (χ2n) is 3.80. The van der Waals surface area contributed by atoms with Crippen molar-refractivity contribution in [3.63, 3.8) is 0 Å². The predicted octanol–water partition coefficient (Wildman–Crippen LogP) is 0.453. The molecule has 0 bridgehead atoms. The zero-order chi connectivity index (χ0) is 15.0. The van der Waals surface area contributed by atoms with E-state index in [1.165, 1.54) is 14.0 Å². The topological polar surface area (TPSA) is 93.7 Å². The van der Waals surface area contributed by atoms with E-state index in [-0.39, 0.29) is 6.61 Å². The number of benzene rings is 1. The summed E-state index contributed by atoms with van der Waals surface area (Å²) in [6.07, 6.45) is -1.08. The number of hydrogen-bond donors (Lipinski definition) is 2. The van der Waals surface area contributed by atoms with Crippen molar-refractivity contribution < 1.29 is 23.9 Å². The van der Waals surface area contributed by atoms with Crippen LogP contribution < -0.4 is 15.4 Å². The number of amides is 3. The molecule has 7 nitrogen and oxygen atoms in total. The first-order valence-electron chi connectivity index (χ1n) is 5.93. The minimum absolute atomic E-state index is 0.318. The fraction of sp³-hybridized carbons (Fsp3) is 0.308.